The molecule has 0 aliphatic rings. The van der Waals surface area contributed by atoms with Crippen LogP contribution in [-0.4, -0.2) is 29.5 Å². The third-order valence-electron chi connectivity index (χ3n) is 3.09. The molecule has 0 atom stereocenters. The van der Waals surface area contributed by atoms with Gasteiger partial charge in [-0.3, -0.25) is 14.8 Å². The highest BCUT2D eigenvalue weighted by Gasteiger charge is 2.15. The van der Waals surface area contributed by atoms with E-state index in [-0.39, 0.29) is 5.69 Å². The summed E-state index contributed by atoms with van der Waals surface area (Å²) in [6.07, 6.45) is 4.21. The Morgan fingerprint density at radius 1 is 1.45 bits per heavy atom. The van der Waals surface area contributed by atoms with Gasteiger partial charge in [0.05, 0.1) is 22.6 Å². The topological polar surface area (TPSA) is 105 Å². The van der Waals surface area contributed by atoms with Crippen molar-refractivity contribution in [2.45, 2.75) is 18.0 Å². The highest BCUT2D eigenvalue weighted by atomic mass is 32.2. The molecule has 0 unspecified atom stereocenters. The summed E-state index contributed by atoms with van der Waals surface area (Å²) in [5.74, 6) is 1.89. The van der Waals surface area contributed by atoms with Crippen molar-refractivity contribution < 1.29 is 9.34 Å². The quantitative estimate of drug-likeness (QED) is 0.403. The number of aryl methyl sites for hydroxylation is 1. The Hall–Kier alpha value is -2.62. The molecule has 10 heteroatoms. The Kier molecular flexibility index (Phi) is 3.67. The molecule has 9 nitrogen and oxygen atoms in total. The van der Waals surface area contributed by atoms with E-state index >= 15 is 0 Å². The van der Waals surface area contributed by atoms with E-state index in [9.17, 15) is 10.1 Å². The van der Waals surface area contributed by atoms with Gasteiger partial charge in [-0.25, -0.2) is 0 Å². The number of hydrogen-bond acceptors (Lipinski definition) is 7. The molecular formula is C12H12N6O3S. The fourth-order valence-corrected chi connectivity index (χ4v) is 2.70. The number of aromatic nitrogens is 5. The second-order valence-corrected chi connectivity index (χ2v) is 5.44. The molecular weight excluding hydrogens is 308 g/mol. The predicted molar refractivity (Wildman–Crippen MR) is 78.2 cm³/mol. The Labute approximate surface area is 129 Å². The third-order valence-corrected chi connectivity index (χ3v) is 4.10. The molecule has 3 rings (SSSR count). The average Bonchev–Trinajstić information content (AvgIpc) is 3.17. The molecule has 114 valence electrons. The van der Waals surface area contributed by atoms with Gasteiger partial charge in [-0.2, -0.15) is 5.10 Å². The molecule has 0 saturated carbocycles. The summed E-state index contributed by atoms with van der Waals surface area (Å²) in [6.45, 7) is 1.86. The van der Waals surface area contributed by atoms with E-state index in [1.165, 1.54) is 28.8 Å². The zero-order valence-electron chi connectivity index (χ0n) is 11.8. The third kappa shape index (κ3) is 2.60. The monoisotopic (exact) mass is 320 g/mol. The van der Waals surface area contributed by atoms with Crippen molar-refractivity contribution in [3.05, 3.63) is 40.6 Å². The van der Waals surface area contributed by atoms with E-state index in [2.05, 4.69) is 15.3 Å². The smallest absolute Gasteiger partial charge is 0.307 e. The van der Waals surface area contributed by atoms with Gasteiger partial charge in [-0.15, -0.1) is 10.2 Å². The molecule has 0 bridgehead atoms. The van der Waals surface area contributed by atoms with Crippen molar-refractivity contribution >= 4 is 17.4 Å². The molecule has 0 aromatic carbocycles. The highest BCUT2D eigenvalue weighted by molar-refractivity contribution is 7.98. The summed E-state index contributed by atoms with van der Waals surface area (Å²) in [5, 5.41) is 23.5. The van der Waals surface area contributed by atoms with E-state index in [0.29, 0.717) is 16.9 Å². The average molecular weight is 320 g/mol. The zero-order valence-corrected chi connectivity index (χ0v) is 12.6. The molecule has 22 heavy (non-hydrogen) atoms. The molecule has 3 aromatic rings. The molecule has 0 N–H and O–H groups in total. The number of nitro groups is 1. The van der Waals surface area contributed by atoms with Gasteiger partial charge in [0.15, 0.2) is 11.0 Å². The first-order valence-corrected chi connectivity index (χ1v) is 7.28. The van der Waals surface area contributed by atoms with Crippen molar-refractivity contribution in [3.63, 3.8) is 0 Å². The molecule has 3 aromatic heterocycles. The standard InChI is InChI=1S/C12H12N6O3S/c1-8-10(3-4-21-8)11-14-15-12(16(11)2)22-7-17-6-9(5-13-17)18(19)20/h3-6H,7H2,1-2H3. The van der Waals surface area contributed by atoms with Crippen LogP contribution in [-0.2, 0) is 12.9 Å². The van der Waals surface area contributed by atoms with Crippen LogP contribution in [0.4, 0.5) is 5.69 Å². The summed E-state index contributed by atoms with van der Waals surface area (Å²) in [4.78, 5) is 10.1. The van der Waals surface area contributed by atoms with E-state index in [4.69, 9.17) is 4.42 Å². The van der Waals surface area contributed by atoms with Gasteiger partial charge in [-0.1, -0.05) is 11.8 Å². The Bertz CT molecular complexity index is 821. The van der Waals surface area contributed by atoms with Crippen LogP contribution in [0.5, 0.6) is 0 Å². The van der Waals surface area contributed by atoms with Crippen molar-refractivity contribution in [2.75, 3.05) is 0 Å². The van der Waals surface area contributed by atoms with Crippen LogP contribution in [0.1, 0.15) is 5.76 Å². The molecule has 0 amide bonds. The van der Waals surface area contributed by atoms with Crippen LogP contribution in [0.15, 0.2) is 34.3 Å². The van der Waals surface area contributed by atoms with Gasteiger partial charge in [0.25, 0.3) is 0 Å². The van der Waals surface area contributed by atoms with E-state index in [1.807, 2.05) is 24.6 Å². The maximum absolute atomic E-state index is 10.6. The number of hydrogen-bond donors (Lipinski definition) is 0. The highest BCUT2D eigenvalue weighted by Crippen LogP contribution is 2.26. The van der Waals surface area contributed by atoms with Crippen molar-refractivity contribution in [1.82, 2.24) is 24.5 Å². The number of thioether (sulfide) groups is 1. The van der Waals surface area contributed by atoms with Gasteiger partial charge >= 0.3 is 5.69 Å². The minimum atomic E-state index is -0.476. The fourth-order valence-electron chi connectivity index (χ4n) is 1.93. The van der Waals surface area contributed by atoms with Crippen LogP contribution < -0.4 is 0 Å². The Morgan fingerprint density at radius 2 is 2.27 bits per heavy atom. The first-order chi connectivity index (χ1) is 10.6. The molecule has 0 spiro atoms. The molecule has 0 aliphatic carbocycles. The second kappa shape index (κ2) is 5.64. The van der Waals surface area contributed by atoms with Crippen molar-refractivity contribution in [3.8, 4) is 11.4 Å². The maximum Gasteiger partial charge on any atom is 0.307 e. The van der Waals surface area contributed by atoms with E-state index < -0.39 is 4.92 Å². The second-order valence-electron chi connectivity index (χ2n) is 4.52. The minimum absolute atomic E-state index is 0.0340. The minimum Gasteiger partial charge on any atom is -0.469 e. The summed E-state index contributed by atoms with van der Waals surface area (Å²) in [7, 11) is 1.86. The van der Waals surface area contributed by atoms with E-state index in [0.717, 1.165) is 11.3 Å². The van der Waals surface area contributed by atoms with Crippen LogP contribution in [0, 0.1) is 17.0 Å². The summed E-state index contributed by atoms with van der Waals surface area (Å²) in [5.41, 5.74) is 0.852. The van der Waals surface area contributed by atoms with Gasteiger partial charge < -0.3 is 8.98 Å². The lowest BCUT2D eigenvalue weighted by Gasteiger charge is -2.03. The van der Waals surface area contributed by atoms with Crippen LogP contribution in [0.25, 0.3) is 11.4 Å². The largest absolute Gasteiger partial charge is 0.469 e. The fraction of sp³-hybridized carbons (Fsp3) is 0.250. The molecule has 0 saturated heterocycles. The van der Waals surface area contributed by atoms with Gasteiger partial charge in [-0.05, 0) is 13.0 Å². The molecule has 0 radical (unpaired) electrons. The van der Waals surface area contributed by atoms with Gasteiger partial charge in [0.2, 0.25) is 0 Å². The predicted octanol–water partition coefficient (Wildman–Crippen LogP) is 2.24. The first-order valence-electron chi connectivity index (χ1n) is 6.30. The number of nitrogens with zero attached hydrogens (tertiary/aromatic N) is 6. The lowest BCUT2D eigenvalue weighted by Crippen LogP contribution is -1.98. The van der Waals surface area contributed by atoms with Gasteiger partial charge in [0.1, 0.15) is 18.2 Å². The maximum atomic E-state index is 10.6. The lowest BCUT2D eigenvalue weighted by molar-refractivity contribution is -0.385. The Morgan fingerprint density at radius 3 is 2.91 bits per heavy atom. The molecule has 0 aliphatic heterocycles. The van der Waals surface area contributed by atoms with Crippen LogP contribution >= 0.6 is 11.8 Å². The van der Waals surface area contributed by atoms with Gasteiger partial charge in [0, 0.05) is 7.05 Å². The summed E-state index contributed by atoms with van der Waals surface area (Å²) in [6, 6.07) is 1.84. The van der Waals surface area contributed by atoms with E-state index in [1.54, 1.807) is 6.26 Å². The molecule has 3 heterocycles. The SMILES string of the molecule is Cc1occc1-c1nnc(SCn2cc([N+](=O)[O-])cn2)n1C. The zero-order chi connectivity index (χ0) is 15.7. The number of rotatable bonds is 5. The first kappa shape index (κ1) is 14.3. The van der Waals surface area contributed by atoms with Crippen LogP contribution in [0.3, 0.4) is 0 Å². The van der Waals surface area contributed by atoms with Crippen molar-refractivity contribution in [1.29, 1.82) is 0 Å². The normalized spacial score (nSPS) is 11.0. The van der Waals surface area contributed by atoms with Crippen molar-refractivity contribution in [2.24, 2.45) is 7.05 Å². The van der Waals surface area contributed by atoms with Crippen LogP contribution in [0.2, 0.25) is 0 Å². The number of furan rings is 1. The Balaban J connectivity index is 1.75. The summed E-state index contributed by atoms with van der Waals surface area (Å²) >= 11 is 1.39. The molecule has 0 fully saturated rings. The summed E-state index contributed by atoms with van der Waals surface area (Å²) < 4.78 is 8.61. The lowest BCUT2D eigenvalue weighted by atomic mass is 10.2.